The highest BCUT2D eigenvalue weighted by Crippen LogP contribution is 2.20. The first-order valence-electron chi connectivity index (χ1n) is 5.59. The van der Waals surface area contributed by atoms with E-state index in [0.29, 0.717) is 16.5 Å². The number of aromatic amines is 2. The smallest absolute Gasteiger partial charge is 0.326 e. The van der Waals surface area contributed by atoms with E-state index in [1.54, 1.807) is 30.3 Å². The van der Waals surface area contributed by atoms with E-state index in [9.17, 15) is 9.59 Å². The standard InChI is InChI=1S/C13H10N4O2/c14-11(15)7-2-1-6-5-10-9(4-8(6)3-7)12(18)17-13(19)16-10/h1-5H,(H3,14,15)(H2,16,17,18,19). The van der Waals surface area contributed by atoms with Crippen LogP contribution in [0.5, 0.6) is 0 Å². The highest BCUT2D eigenvalue weighted by atomic mass is 16.2. The van der Waals surface area contributed by atoms with Crippen molar-refractivity contribution < 1.29 is 0 Å². The molecule has 6 heteroatoms. The molecule has 0 saturated heterocycles. The van der Waals surface area contributed by atoms with Gasteiger partial charge in [0, 0.05) is 5.56 Å². The van der Waals surface area contributed by atoms with Crippen molar-refractivity contribution in [1.82, 2.24) is 9.97 Å². The van der Waals surface area contributed by atoms with E-state index in [2.05, 4.69) is 9.97 Å². The van der Waals surface area contributed by atoms with Gasteiger partial charge in [-0.15, -0.1) is 0 Å². The number of aromatic nitrogens is 2. The molecule has 19 heavy (non-hydrogen) atoms. The number of rotatable bonds is 1. The molecule has 0 atom stereocenters. The van der Waals surface area contributed by atoms with Gasteiger partial charge in [0.2, 0.25) is 0 Å². The van der Waals surface area contributed by atoms with Crippen LogP contribution in [0.4, 0.5) is 0 Å². The van der Waals surface area contributed by atoms with Crippen molar-refractivity contribution in [2.24, 2.45) is 5.73 Å². The molecule has 3 rings (SSSR count). The Morgan fingerprint density at radius 3 is 2.58 bits per heavy atom. The SMILES string of the molecule is N=C(N)c1ccc2cc3[nH]c(=O)[nH]c(=O)c3cc2c1. The highest BCUT2D eigenvalue weighted by Gasteiger charge is 2.05. The van der Waals surface area contributed by atoms with Crippen molar-refractivity contribution in [2.45, 2.75) is 0 Å². The highest BCUT2D eigenvalue weighted by molar-refractivity contribution is 6.02. The van der Waals surface area contributed by atoms with Crippen LogP contribution in [0.25, 0.3) is 21.7 Å². The summed E-state index contributed by atoms with van der Waals surface area (Å²) in [6, 6.07) is 8.66. The molecule has 0 aliphatic carbocycles. The largest absolute Gasteiger partial charge is 0.384 e. The van der Waals surface area contributed by atoms with Crippen LogP contribution in [0.1, 0.15) is 5.56 Å². The number of hydrogen-bond acceptors (Lipinski definition) is 3. The maximum absolute atomic E-state index is 11.7. The minimum atomic E-state index is -0.530. The van der Waals surface area contributed by atoms with Gasteiger partial charge in [-0.2, -0.15) is 0 Å². The quantitative estimate of drug-likeness (QED) is 0.290. The molecule has 0 spiro atoms. The predicted molar refractivity (Wildman–Crippen MR) is 73.7 cm³/mol. The van der Waals surface area contributed by atoms with E-state index in [4.69, 9.17) is 11.1 Å². The van der Waals surface area contributed by atoms with Gasteiger partial charge in [0.25, 0.3) is 5.56 Å². The van der Waals surface area contributed by atoms with Gasteiger partial charge in [-0.25, -0.2) is 4.79 Å². The van der Waals surface area contributed by atoms with Crippen molar-refractivity contribution in [3.8, 4) is 0 Å². The molecule has 0 aliphatic heterocycles. The van der Waals surface area contributed by atoms with Crippen molar-refractivity contribution in [1.29, 1.82) is 5.41 Å². The summed E-state index contributed by atoms with van der Waals surface area (Å²) in [7, 11) is 0. The Labute approximate surface area is 106 Å². The molecule has 0 amide bonds. The number of benzene rings is 2. The van der Waals surface area contributed by atoms with Gasteiger partial charge in [0.1, 0.15) is 5.84 Å². The summed E-state index contributed by atoms with van der Waals surface area (Å²) >= 11 is 0. The van der Waals surface area contributed by atoms with E-state index in [-0.39, 0.29) is 5.84 Å². The van der Waals surface area contributed by atoms with Gasteiger partial charge < -0.3 is 10.7 Å². The zero-order chi connectivity index (χ0) is 13.6. The third kappa shape index (κ3) is 1.79. The number of nitrogen functional groups attached to an aromatic ring is 1. The lowest BCUT2D eigenvalue weighted by molar-refractivity contribution is 1.08. The second-order valence-corrected chi connectivity index (χ2v) is 4.28. The second-order valence-electron chi connectivity index (χ2n) is 4.28. The molecule has 0 aliphatic rings. The first-order chi connectivity index (χ1) is 9.04. The topological polar surface area (TPSA) is 116 Å². The number of fused-ring (bicyclic) bond motifs is 2. The van der Waals surface area contributed by atoms with Crippen LogP contribution in [0, 0.1) is 5.41 Å². The Hall–Kier alpha value is -2.89. The number of H-pyrrole nitrogens is 2. The summed E-state index contributed by atoms with van der Waals surface area (Å²) < 4.78 is 0. The first-order valence-corrected chi connectivity index (χ1v) is 5.59. The third-order valence-electron chi connectivity index (χ3n) is 3.01. The van der Waals surface area contributed by atoms with Gasteiger partial charge in [-0.1, -0.05) is 12.1 Å². The van der Waals surface area contributed by atoms with Gasteiger partial charge in [-0.3, -0.25) is 15.2 Å². The summed E-state index contributed by atoms with van der Waals surface area (Å²) in [4.78, 5) is 27.7. The van der Waals surface area contributed by atoms with Gasteiger partial charge in [-0.05, 0) is 29.0 Å². The lowest BCUT2D eigenvalue weighted by Crippen LogP contribution is -2.21. The predicted octanol–water partition coefficient (Wildman–Crippen LogP) is 0.654. The fourth-order valence-corrected chi connectivity index (χ4v) is 2.08. The Bertz CT molecular complexity index is 937. The van der Waals surface area contributed by atoms with Crippen LogP contribution < -0.4 is 17.0 Å². The summed E-state index contributed by atoms with van der Waals surface area (Å²) in [5.74, 6) is -0.0302. The molecule has 6 nitrogen and oxygen atoms in total. The lowest BCUT2D eigenvalue weighted by Gasteiger charge is -2.04. The van der Waals surface area contributed by atoms with Gasteiger partial charge in [0.15, 0.2) is 0 Å². The number of amidine groups is 1. The number of nitrogens with two attached hydrogens (primary N) is 1. The third-order valence-corrected chi connectivity index (χ3v) is 3.01. The maximum Gasteiger partial charge on any atom is 0.326 e. The Morgan fingerprint density at radius 1 is 1.05 bits per heavy atom. The second kappa shape index (κ2) is 3.81. The minimum Gasteiger partial charge on any atom is -0.384 e. The molecular formula is C13H10N4O2. The number of nitrogens with one attached hydrogen (secondary N) is 3. The maximum atomic E-state index is 11.7. The lowest BCUT2D eigenvalue weighted by atomic mass is 10.0. The normalized spacial score (nSPS) is 10.9. The Morgan fingerprint density at radius 2 is 1.84 bits per heavy atom. The minimum absolute atomic E-state index is 0.0302. The molecule has 0 bridgehead atoms. The molecule has 1 heterocycles. The zero-order valence-corrected chi connectivity index (χ0v) is 9.78. The summed E-state index contributed by atoms with van der Waals surface area (Å²) in [5.41, 5.74) is 5.54. The van der Waals surface area contributed by atoms with Crippen molar-refractivity contribution in [3.05, 3.63) is 56.7 Å². The van der Waals surface area contributed by atoms with E-state index in [0.717, 1.165) is 10.8 Å². The Balaban J connectivity index is 2.45. The molecule has 0 fully saturated rings. The van der Waals surface area contributed by atoms with E-state index < -0.39 is 11.2 Å². The molecular weight excluding hydrogens is 244 g/mol. The van der Waals surface area contributed by atoms with Crippen LogP contribution >= 0.6 is 0 Å². The van der Waals surface area contributed by atoms with Crippen molar-refractivity contribution in [3.63, 3.8) is 0 Å². The fraction of sp³-hybridized carbons (Fsp3) is 0. The van der Waals surface area contributed by atoms with Gasteiger partial charge in [0.05, 0.1) is 10.9 Å². The summed E-state index contributed by atoms with van der Waals surface area (Å²) in [6.45, 7) is 0. The zero-order valence-electron chi connectivity index (χ0n) is 9.78. The molecule has 2 aromatic carbocycles. The summed E-state index contributed by atoms with van der Waals surface area (Å²) in [6.07, 6.45) is 0. The van der Waals surface area contributed by atoms with Crippen LogP contribution in [-0.4, -0.2) is 15.8 Å². The monoisotopic (exact) mass is 254 g/mol. The molecule has 5 N–H and O–H groups in total. The van der Waals surface area contributed by atoms with Crippen molar-refractivity contribution >= 4 is 27.5 Å². The van der Waals surface area contributed by atoms with Gasteiger partial charge >= 0.3 is 5.69 Å². The summed E-state index contributed by atoms with van der Waals surface area (Å²) in [5, 5.41) is 9.45. The van der Waals surface area contributed by atoms with E-state index in [1.807, 2.05) is 0 Å². The van der Waals surface area contributed by atoms with E-state index in [1.165, 1.54) is 0 Å². The van der Waals surface area contributed by atoms with E-state index >= 15 is 0 Å². The van der Waals surface area contributed by atoms with Crippen LogP contribution in [0.2, 0.25) is 0 Å². The van der Waals surface area contributed by atoms with Crippen LogP contribution in [0.15, 0.2) is 39.9 Å². The average molecular weight is 254 g/mol. The molecule has 0 unspecified atom stereocenters. The number of hydrogen-bond donors (Lipinski definition) is 4. The fourth-order valence-electron chi connectivity index (χ4n) is 2.08. The van der Waals surface area contributed by atoms with Crippen LogP contribution in [0.3, 0.4) is 0 Å². The molecule has 1 aromatic heterocycles. The molecule has 0 radical (unpaired) electrons. The van der Waals surface area contributed by atoms with Crippen LogP contribution in [-0.2, 0) is 0 Å². The average Bonchev–Trinajstić information content (AvgIpc) is 2.36. The Kier molecular flexibility index (Phi) is 2.25. The molecule has 94 valence electrons. The molecule has 3 aromatic rings. The molecule has 0 saturated carbocycles. The van der Waals surface area contributed by atoms with Crippen molar-refractivity contribution in [2.75, 3.05) is 0 Å². The first kappa shape index (κ1) is 11.2.